The highest BCUT2D eigenvalue weighted by Gasteiger charge is 2.07. The lowest BCUT2D eigenvalue weighted by Gasteiger charge is -1.99. The maximum atomic E-state index is 10.8. The Labute approximate surface area is 81.5 Å². The molecule has 0 aromatic rings. The van der Waals surface area contributed by atoms with Gasteiger partial charge in [-0.25, -0.2) is 0 Å². The van der Waals surface area contributed by atoms with Crippen LogP contribution >= 0.6 is 0 Å². The van der Waals surface area contributed by atoms with Crippen LogP contribution in [-0.2, 0) is 9.53 Å². The third-order valence-electron chi connectivity index (χ3n) is 1.42. The van der Waals surface area contributed by atoms with Crippen LogP contribution in [-0.4, -0.2) is 18.0 Å². The maximum absolute atomic E-state index is 10.8. The van der Waals surface area contributed by atoms with E-state index in [9.17, 15) is 14.9 Å². The van der Waals surface area contributed by atoms with Crippen LogP contribution in [0, 0.1) is 10.1 Å². The van der Waals surface area contributed by atoms with Crippen molar-refractivity contribution in [3.63, 3.8) is 0 Å². The van der Waals surface area contributed by atoms with Gasteiger partial charge in [-0.05, 0) is 12.2 Å². The number of hydrogen-bond donors (Lipinski definition) is 0. The number of allylic oxidation sites excluding steroid dienone is 2. The normalized spacial score (nSPS) is 10.5. The molecule has 0 atom stereocenters. The molecule has 0 aliphatic rings. The first-order chi connectivity index (χ1) is 6.51. The van der Waals surface area contributed by atoms with E-state index in [-0.39, 0.29) is 12.1 Å². The number of carbonyl (C=O) groups excluding carboxylic acids is 1. The van der Waals surface area contributed by atoms with Gasteiger partial charge >= 0.3 is 5.97 Å². The van der Waals surface area contributed by atoms with E-state index in [4.69, 9.17) is 0 Å². The summed E-state index contributed by atoms with van der Waals surface area (Å²) in [6.07, 6.45) is 2.49. The number of esters is 1. The topological polar surface area (TPSA) is 69.4 Å². The van der Waals surface area contributed by atoms with Gasteiger partial charge in [-0.1, -0.05) is 12.7 Å². The Hall–Kier alpha value is -1.91. The molecular formula is C9H11NO4. The molecule has 5 nitrogen and oxygen atoms in total. The highest BCUT2D eigenvalue weighted by molar-refractivity contribution is 5.73. The van der Waals surface area contributed by atoms with Gasteiger partial charge in [0.05, 0.1) is 18.5 Å². The predicted octanol–water partition coefficient (Wildman–Crippen LogP) is 1.45. The highest BCUT2D eigenvalue weighted by atomic mass is 16.6. The molecule has 0 heterocycles. The Kier molecular flexibility index (Phi) is 4.91. The molecule has 0 bridgehead atoms. The molecule has 0 N–H and O–H groups in total. The first-order valence-electron chi connectivity index (χ1n) is 3.74. The van der Waals surface area contributed by atoms with Crippen molar-refractivity contribution in [3.05, 3.63) is 46.7 Å². The van der Waals surface area contributed by atoms with Gasteiger partial charge in [0.15, 0.2) is 0 Å². The smallest absolute Gasteiger partial charge is 0.309 e. The Balaban J connectivity index is 4.56. The third kappa shape index (κ3) is 4.20. The summed E-state index contributed by atoms with van der Waals surface area (Å²) >= 11 is 0. The number of methoxy groups -OCH3 is 1. The summed E-state index contributed by atoms with van der Waals surface area (Å²) in [7, 11) is 1.24. The summed E-state index contributed by atoms with van der Waals surface area (Å²) in [6, 6.07) is 0. The van der Waals surface area contributed by atoms with E-state index in [2.05, 4.69) is 17.9 Å². The van der Waals surface area contributed by atoms with Crippen molar-refractivity contribution in [1.29, 1.82) is 0 Å². The minimum absolute atomic E-state index is 0.0488. The first-order valence-corrected chi connectivity index (χ1v) is 3.74. The van der Waals surface area contributed by atoms with Crippen LogP contribution < -0.4 is 0 Å². The Morgan fingerprint density at radius 3 is 2.57 bits per heavy atom. The molecule has 0 aliphatic heterocycles. The van der Waals surface area contributed by atoms with Crippen LogP contribution in [0.15, 0.2) is 36.6 Å². The second-order valence-electron chi connectivity index (χ2n) is 2.42. The molecule has 0 saturated heterocycles. The summed E-state index contributed by atoms with van der Waals surface area (Å²) in [5, 5.41) is 10.2. The molecule has 0 spiro atoms. The van der Waals surface area contributed by atoms with Crippen molar-refractivity contribution in [3.8, 4) is 0 Å². The molecule has 0 saturated carbocycles. The van der Waals surface area contributed by atoms with E-state index in [1.165, 1.54) is 19.3 Å². The average Bonchev–Trinajstić information content (AvgIpc) is 2.16. The van der Waals surface area contributed by atoms with Crippen molar-refractivity contribution < 1.29 is 14.5 Å². The largest absolute Gasteiger partial charge is 0.469 e. The molecule has 0 unspecified atom stereocenters. The zero-order valence-corrected chi connectivity index (χ0v) is 7.86. The van der Waals surface area contributed by atoms with Crippen molar-refractivity contribution in [2.45, 2.75) is 6.42 Å². The summed E-state index contributed by atoms with van der Waals surface area (Å²) in [4.78, 5) is 20.4. The van der Waals surface area contributed by atoms with Gasteiger partial charge in [0, 0.05) is 6.08 Å². The molecule has 0 aromatic heterocycles. The molecule has 76 valence electrons. The number of carbonyl (C=O) groups is 1. The maximum Gasteiger partial charge on any atom is 0.309 e. The molecule has 0 rings (SSSR count). The lowest BCUT2D eigenvalue weighted by molar-refractivity contribution is -0.418. The summed E-state index contributed by atoms with van der Waals surface area (Å²) in [6.45, 7) is 6.62. The van der Waals surface area contributed by atoms with E-state index >= 15 is 0 Å². The fourth-order valence-electron chi connectivity index (χ4n) is 0.688. The summed E-state index contributed by atoms with van der Waals surface area (Å²) in [5.41, 5.74) is 0.113. The number of rotatable bonds is 5. The Morgan fingerprint density at radius 1 is 1.64 bits per heavy atom. The first kappa shape index (κ1) is 12.1. The lowest BCUT2D eigenvalue weighted by atomic mass is 10.1. The summed E-state index contributed by atoms with van der Waals surface area (Å²) < 4.78 is 4.40. The third-order valence-corrected chi connectivity index (χ3v) is 1.42. The summed E-state index contributed by atoms with van der Waals surface area (Å²) in [5.74, 6) is -0.479. The van der Waals surface area contributed by atoms with Crippen LogP contribution in [0.4, 0.5) is 0 Å². The average molecular weight is 197 g/mol. The minimum atomic E-state index is -0.638. The lowest BCUT2D eigenvalue weighted by Crippen LogP contribution is -2.02. The molecule has 0 aromatic carbocycles. The van der Waals surface area contributed by atoms with Gasteiger partial charge in [-0.3, -0.25) is 14.9 Å². The van der Waals surface area contributed by atoms with Crippen molar-refractivity contribution in [2.75, 3.05) is 7.11 Å². The van der Waals surface area contributed by atoms with Crippen LogP contribution in [0.3, 0.4) is 0 Å². The molecule has 0 fully saturated rings. The van der Waals surface area contributed by atoms with Crippen LogP contribution in [0.1, 0.15) is 6.42 Å². The highest BCUT2D eigenvalue weighted by Crippen LogP contribution is 2.07. The van der Waals surface area contributed by atoms with Gasteiger partial charge in [0.25, 0.3) is 5.70 Å². The molecule has 0 radical (unpaired) electrons. The molecule has 0 aliphatic carbocycles. The van der Waals surface area contributed by atoms with E-state index < -0.39 is 10.9 Å². The van der Waals surface area contributed by atoms with Crippen LogP contribution in [0.2, 0.25) is 0 Å². The van der Waals surface area contributed by atoms with E-state index in [1.54, 1.807) is 0 Å². The van der Waals surface area contributed by atoms with Gasteiger partial charge in [-0.15, -0.1) is 0 Å². The van der Waals surface area contributed by atoms with Gasteiger partial charge in [0.1, 0.15) is 0 Å². The molecule has 5 heteroatoms. The quantitative estimate of drug-likeness (QED) is 0.289. The number of nitro groups is 1. The number of hydrogen-bond acceptors (Lipinski definition) is 4. The molecular weight excluding hydrogens is 186 g/mol. The second-order valence-corrected chi connectivity index (χ2v) is 2.42. The standard InChI is InChI=1S/C9H11NO4/c1-4-8(6-9(11)14-3)5-7(2)10(12)13/h4-5H,1-2,6H2,3H3/b8-5+. The van der Waals surface area contributed by atoms with Gasteiger partial charge in [0.2, 0.25) is 0 Å². The zero-order chi connectivity index (χ0) is 11.1. The van der Waals surface area contributed by atoms with Crippen molar-refractivity contribution in [1.82, 2.24) is 0 Å². The second kappa shape index (κ2) is 5.69. The number of nitrogens with zero attached hydrogens (tertiary/aromatic N) is 1. The Bertz CT molecular complexity index is 304. The monoisotopic (exact) mass is 197 g/mol. The molecule has 14 heavy (non-hydrogen) atoms. The van der Waals surface area contributed by atoms with Crippen LogP contribution in [0.5, 0.6) is 0 Å². The predicted molar refractivity (Wildman–Crippen MR) is 51.0 cm³/mol. The van der Waals surface area contributed by atoms with Gasteiger partial charge in [-0.2, -0.15) is 0 Å². The van der Waals surface area contributed by atoms with Crippen molar-refractivity contribution in [2.24, 2.45) is 0 Å². The van der Waals surface area contributed by atoms with Gasteiger partial charge < -0.3 is 4.74 Å². The van der Waals surface area contributed by atoms with Crippen LogP contribution in [0.25, 0.3) is 0 Å². The fraction of sp³-hybridized carbons (Fsp3) is 0.222. The van der Waals surface area contributed by atoms with E-state index in [1.807, 2.05) is 0 Å². The number of ether oxygens (including phenoxy) is 1. The van der Waals surface area contributed by atoms with Crippen molar-refractivity contribution >= 4 is 5.97 Å². The minimum Gasteiger partial charge on any atom is -0.469 e. The zero-order valence-electron chi connectivity index (χ0n) is 7.86. The van der Waals surface area contributed by atoms with E-state index in [0.717, 1.165) is 0 Å². The van der Waals surface area contributed by atoms with E-state index in [0.29, 0.717) is 5.57 Å². The molecule has 0 amide bonds. The fourth-order valence-corrected chi connectivity index (χ4v) is 0.688. The SMILES string of the molecule is C=C/C(=C\C(=C)[N+](=O)[O-])CC(=O)OC. The Morgan fingerprint density at radius 2 is 2.21 bits per heavy atom.